The fourth-order valence-corrected chi connectivity index (χ4v) is 3.70. The second-order valence-corrected chi connectivity index (χ2v) is 7.18. The Morgan fingerprint density at radius 1 is 1.12 bits per heavy atom. The van der Waals surface area contributed by atoms with Crippen LogP contribution in [0.1, 0.15) is 11.1 Å². The van der Waals surface area contributed by atoms with Crippen LogP contribution in [0.3, 0.4) is 0 Å². The minimum Gasteiger partial charge on any atom is -0.368 e. The second kappa shape index (κ2) is 8.09. The molecule has 1 amide bonds. The van der Waals surface area contributed by atoms with Crippen molar-refractivity contribution in [1.82, 2.24) is 4.90 Å². The molecule has 0 N–H and O–H groups in total. The summed E-state index contributed by atoms with van der Waals surface area (Å²) in [6, 6.07) is 18.0. The smallest absolute Gasteiger partial charge is 0.233 e. The van der Waals surface area contributed by atoms with Crippen molar-refractivity contribution in [2.24, 2.45) is 0 Å². The zero-order valence-corrected chi connectivity index (χ0v) is 15.1. The molecule has 0 aliphatic carbocycles. The quantitative estimate of drug-likeness (QED) is 0.793. The molecule has 1 saturated heterocycles. The van der Waals surface area contributed by atoms with E-state index in [0.717, 1.165) is 31.1 Å². The molecule has 2 aromatic rings. The predicted octanol–water partition coefficient (Wildman–Crippen LogP) is 3.31. The summed E-state index contributed by atoms with van der Waals surface area (Å²) in [6.07, 6.45) is 0. The van der Waals surface area contributed by atoms with Crippen molar-refractivity contribution in [3.05, 3.63) is 59.7 Å². The van der Waals surface area contributed by atoms with Crippen LogP contribution in [0.25, 0.3) is 0 Å². The lowest BCUT2D eigenvalue weighted by molar-refractivity contribution is -0.128. The van der Waals surface area contributed by atoms with Gasteiger partial charge in [-0.15, -0.1) is 11.8 Å². The van der Waals surface area contributed by atoms with Gasteiger partial charge in [0.1, 0.15) is 0 Å². The molecule has 0 unspecified atom stereocenters. The maximum Gasteiger partial charge on any atom is 0.233 e. The molecule has 0 atom stereocenters. The number of rotatable bonds is 4. The number of hydrogen-bond acceptors (Lipinski definition) is 4. The van der Waals surface area contributed by atoms with Crippen LogP contribution in [-0.2, 0) is 4.79 Å². The van der Waals surface area contributed by atoms with Gasteiger partial charge in [0.2, 0.25) is 5.91 Å². The highest BCUT2D eigenvalue weighted by Gasteiger charge is 2.21. The van der Waals surface area contributed by atoms with Gasteiger partial charge < -0.3 is 9.80 Å². The number of anilines is 1. The van der Waals surface area contributed by atoms with E-state index in [9.17, 15) is 4.79 Å². The number of amides is 1. The fraction of sp³-hybridized carbons (Fsp3) is 0.300. The number of hydrogen-bond donors (Lipinski definition) is 0. The highest BCUT2D eigenvalue weighted by Crippen LogP contribution is 2.21. The molecular weight excluding hydrogens is 330 g/mol. The van der Waals surface area contributed by atoms with Crippen molar-refractivity contribution >= 4 is 23.4 Å². The van der Waals surface area contributed by atoms with Gasteiger partial charge in [-0.05, 0) is 48.9 Å². The Labute approximate surface area is 153 Å². The third-order valence-electron chi connectivity index (χ3n) is 4.34. The van der Waals surface area contributed by atoms with Crippen LogP contribution in [0.4, 0.5) is 5.69 Å². The van der Waals surface area contributed by atoms with Gasteiger partial charge in [-0.3, -0.25) is 4.79 Å². The number of nitrogens with zero attached hydrogens (tertiary/aromatic N) is 3. The van der Waals surface area contributed by atoms with Crippen LogP contribution in [0.15, 0.2) is 53.4 Å². The highest BCUT2D eigenvalue weighted by molar-refractivity contribution is 8.00. The van der Waals surface area contributed by atoms with Gasteiger partial charge in [0.15, 0.2) is 0 Å². The van der Waals surface area contributed by atoms with Crippen LogP contribution in [0, 0.1) is 18.3 Å². The Morgan fingerprint density at radius 3 is 2.48 bits per heavy atom. The van der Waals surface area contributed by atoms with Crippen molar-refractivity contribution in [2.45, 2.75) is 11.8 Å². The van der Waals surface area contributed by atoms with E-state index in [2.05, 4.69) is 42.2 Å². The Hall–Kier alpha value is -2.45. The standard InChI is InChI=1S/C20H21N3OS/c1-16-3-2-4-18(13-16)22-9-11-23(12-10-22)20(24)15-25-19-7-5-17(14-21)6-8-19/h2-8,13H,9-12,15H2,1H3. The van der Waals surface area contributed by atoms with Gasteiger partial charge in [0.25, 0.3) is 0 Å². The summed E-state index contributed by atoms with van der Waals surface area (Å²) in [7, 11) is 0. The Balaban J connectivity index is 1.49. The molecule has 3 rings (SSSR count). The SMILES string of the molecule is Cc1cccc(N2CCN(C(=O)CSc3ccc(C#N)cc3)CC2)c1. The molecule has 0 spiro atoms. The molecule has 0 saturated carbocycles. The van der Waals surface area contributed by atoms with Crippen LogP contribution in [0.5, 0.6) is 0 Å². The van der Waals surface area contributed by atoms with E-state index in [1.54, 1.807) is 12.1 Å². The maximum atomic E-state index is 12.4. The number of carbonyl (C=O) groups excluding carboxylic acids is 1. The lowest BCUT2D eigenvalue weighted by Gasteiger charge is -2.36. The summed E-state index contributed by atoms with van der Waals surface area (Å²) >= 11 is 1.53. The molecule has 1 heterocycles. The van der Waals surface area contributed by atoms with E-state index >= 15 is 0 Å². The van der Waals surface area contributed by atoms with Crippen molar-refractivity contribution in [1.29, 1.82) is 5.26 Å². The molecule has 25 heavy (non-hydrogen) atoms. The third-order valence-corrected chi connectivity index (χ3v) is 5.34. The van der Waals surface area contributed by atoms with Crippen LogP contribution in [0.2, 0.25) is 0 Å². The van der Waals surface area contributed by atoms with Crippen molar-refractivity contribution in [3.8, 4) is 6.07 Å². The first kappa shape index (κ1) is 17.4. The molecule has 5 heteroatoms. The van der Waals surface area contributed by atoms with Gasteiger partial charge in [0, 0.05) is 36.8 Å². The highest BCUT2D eigenvalue weighted by atomic mass is 32.2. The van der Waals surface area contributed by atoms with Gasteiger partial charge in [0.05, 0.1) is 17.4 Å². The summed E-state index contributed by atoms with van der Waals surface area (Å²) < 4.78 is 0. The van der Waals surface area contributed by atoms with E-state index < -0.39 is 0 Å². The molecule has 0 radical (unpaired) electrons. The van der Waals surface area contributed by atoms with E-state index in [1.807, 2.05) is 17.0 Å². The van der Waals surface area contributed by atoms with Crippen LogP contribution < -0.4 is 4.90 Å². The zero-order valence-electron chi connectivity index (χ0n) is 14.3. The molecule has 128 valence electrons. The molecular formula is C20H21N3OS. The molecule has 1 aliphatic rings. The lowest BCUT2D eigenvalue weighted by atomic mass is 10.2. The van der Waals surface area contributed by atoms with Gasteiger partial charge in [-0.2, -0.15) is 5.26 Å². The maximum absolute atomic E-state index is 12.4. The Morgan fingerprint density at radius 2 is 1.84 bits per heavy atom. The zero-order chi connectivity index (χ0) is 17.6. The first-order valence-electron chi connectivity index (χ1n) is 8.38. The van der Waals surface area contributed by atoms with Crippen molar-refractivity contribution in [2.75, 3.05) is 36.8 Å². The van der Waals surface area contributed by atoms with Crippen LogP contribution in [-0.4, -0.2) is 42.7 Å². The third kappa shape index (κ3) is 4.55. The molecule has 0 bridgehead atoms. The average molecular weight is 351 g/mol. The summed E-state index contributed by atoms with van der Waals surface area (Å²) in [5, 5.41) is 8.81. The van der Waals surface area contributed by atoms with E-state index in [1.165, 1.54) is 23.0 Å². The van der Waals surface area contributed by atoms with E-state index in [4.69, 9.17) is 5.26 Å². The second-order valence-electron chi connectivity index (χ2n) is 6.13. The number of carbonyl (C=O) groups is 1. The first-order chi connectivity index (χ1) is 12.2. The minimum atomic E-state index is 0.179. The van der Waals surface area contributed by atoms with Gasteiger partial charge in [-0.25, -0.2) is 0 Å². The normalized spacial score (nSPS) is 14.2. The monoisotopic (exact) mass is 351 g/mol. The van der Waals surface area contributed by atoms with Gasteiger partial charge in [-0.1, -0.05) is 12.1 Å². The van der Waals surface area contributed by atoms with Gasteiger partial charge >= 0.3 is 0 Å². The summed E-state index contributed by atoms with van der Waals surface area (Å²) in [6.45, 7) is 5.37. The molecule has 1 fully saturated rings. The fourth-order valence-electron chi connectivity index (χ4n) is 2.90. The predicted molar refractivity (Wildman–Crippen MR) is 102 cm³/mol. The number of aryl methyl sites for hydroxylation is 1. The van der Waals surface area contributed by atoms with Crippen molar-refractivity contribution in [3.63, 3.8) is 0 Å². The largest absolute Gasteiger partial charge is 0.368 e. The summed E-state index contributed by atoms with van der Waals surface area (Å²) in [5.74, 6) is 0.620. The average Bonchev–Trinajstić information content (AvgIpc) is 2.66. The number of piperazine rings is 1. The Kier molecular flexibility index (Phi) is 5.62. The topological polar surface area (TPSA) is 47.3 Å². The molecule has 1 aliphatic heterocycles. The van der Waals surface area contributed by atoms with E-state index in [-0.39, 0.29) is 5.91 Å². The molecule has 0 aromatic heterocycles. The number of nitriles is 1. The first-order valence-corrected chi connectivity index (χ1v) is 9.36. The van der Waals surface area contributed by atoms with Crippen molar-refractivity contribution < 1.29 is 4.79 Å². The number of thioether (sulfide) groups is 1. The molecule has 4 nitrogen and oxygen atoms in total. The summed E-state index contributed by atoms with van der Waals surface area (Å²) in [4.78, 5) is 17.7. The minimum absolute atomic E-state index is 0.179. The Bertz CT molecular complexity index is 774. The van der Waals surface area contributed by atoms with Crippen LogP contribution >= 0.6 is 11.8 Å². The summed E-state index contributed by atoms with van der Waals surface area (Å²) in [5.41, 5.74) is 3.14. The molecule has 2 aromatic carbocycles. The number of benzene rings is 2. The lowest BCUT2D eigenvalue weighted by Crippen LogP contribution is -2.49. The van der Waals surface area contributed by atoms with E-state index in [0.29, 0.717) is 11.3 Å².